The van der Waals surface area contributed by atoms with Crippen molar-refractivity contribution in [1.29, 1.82) is 0 Å². The second-order valence-corrected chi connectivity index (χ2v) is 10.6. The lowest BCUT2D eigenvalue weighted by atomic mass is 9.46. The maximum atomic E-state index is 13.7. The highest BCUT2D eigenvalue weighted by Crippen LogP contribution is 2.56. The van der Waals surface area contributed by atoms with E-state index in [0.29, 0.717) is 12.3 Å². The number of allylic oxidation sites excluding steroid dienone is 4. The van der Waals surface area contributed by atoms with Crippen molar-refractivity contribution in [3.8, 4) is 0 Å². The van der Waals surface area contributed by atoms with Crippen molar-refractivity contribution in [3.05, 3.63) is 23.3 Å². The van der Waals surface area contributed by atoms with Gasteiger partial charge >= 0.3 is 0 Å². The number of carbonyl (C=O) groups is 3. The Kier molecular flexibility index (Phi) is 6.28. The molecular formula is C25H38O3. The monoisotopic (exact) mass is 386 g/mol. The molecule has 2 rings (SSSR count). The molecular weight excluding hydrogens is 348 g/mol. The topological polar surface area (TPSA) is 51.2 Å². The van der Waals surface area contributed by atoms with Gasteiger partial charge in [-0.25, -0.2) is 0 Å². The minimum Gasteiger partial charge on any atom is -0.298 e. The van der Waals surface area contributed by atoms with E-state index in [0.717, 1.165) is 25.7 Å². The molecule has 0 N–H and O–H groups in total. The van der Waals surface area contributed by atoms with Gasteiger partial charge in [-0.15, -0.1) is 0 Å². The zero-order valence-electron chi connectivity index (χ0n) is 19.1. The third-order valence-electron chi connectivity index (χ3n) is 6.77. The van der Waals surface area contributed by atoms with Crippen LogP contribution in [0, 0.1) is 28.1 Å². The molecule has 0 aromatic carbocycles. The molecule has 0 bridgehead atoms. The Balaban J connectivity index is 2.50. The van der Waals surface area contributed by atoms with E-state index in [9.17, 15) is 14.4 Å². The van der Waals surface area contributed by atoms with Crippen LogP contribution in [0.5, 0.6) is 0 Å². The molecule has 0 saturated heterocycles. The van der Waals surface area contributed by atoms with Gasteiger partial charge in [0.2, 0.25) is 0 Å². The van der Waals surface area contributed by atoms with Crippen molar-refractivity contribution in [2.45, 2.75) is 87.5 Å². The van der Waals surface area contributed by atoms with Gasteiger partial charge in [0.05, 0.1) is 16.2 Å². The summed E-state index contributed by atoms with van der Waals surface area (Å²) >= 11 is 0. The molecule has 0 radical (unpaired) electrons. The maximum absolute atomic E-state index is 13.7. The molecule has 2 aliphatic carbocycles. The van der Waals surface area contributed by atoms with E-state index in [1.807, 2.05) is 0 Å². The lowest BCUT2D eigenvalue weighted by molar-refractivity contribution is -0.171. The van der Waals surface area contributed by atoms with Gasteiger partial charge in [-0.2, -0.15) is 0 Å². The van der Waals surface area contributed by atoms with Crippen LogP contribution in [0.3, 0.4) is 0 Å². The standard InChI is InChI=1S/C25H38O3/c1-16(2)10-9-11-18-12-13-25(19(15-18)14-17(3)4)21(27)23(5,6)20(26)24(7,8)22(25)28/h10,12,17,19H,9,11,13-15H2,1-8H3. The smallest absolute Gasteiger partial charge is 0.160 e. The number of hydrogen-bond donors (Lipinski definition) is 0. The van der Waals surface area contributed by atoms with Crippen LogP contribution in [0.1, 0.15) is 87.5 Å². The van der Waals surface area contributed by atoms with Crippen molar-refractivity contribution in [2.24, 2.45) is 28.1 Å². The summed E-state index contributed by atoms with van der Waals surface area (Å²) in [6.45, 7) is 15.4. The van der Waals surface area contributed by atoms with Gasteiger partial charge in [-0.05, 0) is 85.5 Å². The number of Topliss-reactive ketones (excluding diaryl/α,β-unsaturated/α-hetero) is 3. The highest BCUT2D eigenvalue weighted by atomic mass is 16.2. The minimum atomic E-state index is -1.11. The van der Waals surface area contributed by atoms with Crippen molar-refractivity contribution >= 4 is 17.3 Å². The fourth-order valence-corrected chi connectivity index (χ4v) is 5.41. The molecule has 0 aromatic rings. The summed E-state index contributed by atoms with van der Waals surface area (Å²) in [6, 6.07) is 0. The molecule has 3 heteroatoms. The molecule has 3 nitrogen and oxygen atoms in total. The molecule has 0 aromatic heterocycles. The molecule has 1 atom stereocenters. The number of rotatable bonds is 5. The average molecular weight is 387 g/mol. The highest BCUT2D eigenvalue weighted by Gasteiger charge is 2.67. The predicted octanol–water partition coefficient (Wildman–Crippen LogP) is 5.88. The molecule has 156 valence electrons. The van der Waals surface area contributed by atoms with Gasteiger partial charge in [-0.3, -0.25) is 14.4 Å². The van der Waals surface area contributed by atoms with E-state index in [-0.39, 0.29) is 23.3 Å². The van der Waals surface area contributed by atoms with E-state index >= 15 is 0 Å². The Hall–Kier alpha value is -1.51. The number of ketones is 3. The highest BCUT2D eigenvalue weighted by molar-refractivity contribution is 6.30. The Morgan fingerprint density at radius 3 is 2.04 bits per heavy atom. The number of carbonyl (C=O) groups excluding carboxylic acids is 3. The molecule has 28 heavy (non-hydrogen) atoms. The largest absolute Gasteiger partial charge is 0.298 e. The van der Waals surface area contributed by atoms with Crippen LogP contribution in [-0.2, 0) is 14.4 Å². The first-order valence-corrected chi connectivity index (χ1v) is 10.7. The van der Waals surface area contributed by atoms with Gasteiger partial charge in [0.25, 0.3) is 0 Å². The van der Waals surface area contributed by atoms with E-state index < -0.39 is 16.2 Å². The van der Waals surface area contributed by atoms with Gasteiger partial charge in [0.1, 0.15) is 0 Å². The second kappa shape index (κ2) is 7.72. The zero-order chi connectivity index (χ0) is 21.5. The average Bonchev–Trinajstić information content (AvgIpc) is 2.58. The maximum Gasteiger partial charge on any atom is 0.160 e. The quantitative estimate of drug-likeness (QED) is 0.438. The van der Waals surface area contributed by atoms with Crippen LogP contribution < -0.4 is 0 Å². The Morgan fingerprint density at radius 1 is 1.04 bits per heavy atom. The summed E-state index contributed by atoms with van der Waals surface area (Å²) < 4.78 is 0. The summed E-state index contributed by atoms with van der Waals surface area (Å²) in [6.07, 6.45) is 8.41. The predicted molar refractivity (Wildman–Crippen MR) is 114 cm³/mol. The van der Waals surface area contributed by atoms with Crippen LogP contribution in [0.15, 0.2) is 23.3 Å². The van der Waals surface area contributed by atoms with Crippen molar-refractivity contribution < 1.29 is 14.4 Å². The van der Waals surface area contributed by atoms with Crippen molar-refractivity contribution in [2.75, 3.05) is 0 Å². The second-order valence-electron chi connectivity index (χ2n) is 10.6. The van der Waals surface area contributed by atoms with E-state index in [1.54, 1.807) is 27.7 Å². The van der Waals surface area contributed by atoms with Gasteiger partial charge in [0.15, 0.2) is 17.3 Å². The van der Waals surface area contributed by atoms with Crippen LogP contribution in [0.2, 0.25) is 0 Å². The fraction of sp³-hybridized carbons (Fsp3) is 0.720. The van der Waals surface area contributed by atoms with Gasteiger partial charge in [-0.1, -0.05) is 37.1 Å². The molecule has 1 spiro atoms. The lowest BCUT2D eigenvalue weighted by Crippen LogP contribution is -2.66. The third kappa shape index (κ3) is 3.69. The van der Waals surface area contributed by atoms with E-state index in [1.165, 1.54) is 11.1 Å². The van der Waals surface area contributed by atoms with Crippen LogP contribution in [0.4, 0.5) is 0 Å². The first-order valence-electron chi connectivity index (χ1n) is 10.7. The SMILES string of the molecule is CC(C)=CCCC1=CCC2(C(=O)C(C)(C)C(=O)C(C)(C)C2=O)C(CC(C)C)C1. The normalized spacial score (nSPS) is 25.8. The summed E-state index contributed by atoms with van der Waals surface area (Å²) in [4.78, 5) is 40.3. The van der Waals surface area contributed by atoms with Crippen LogP contribution in [-0.4, -0.2) is 17.3 Å². The van der Waals surface area contributed by atoms with Crippen molar-refractivity contribution in [1.82, 2.24) is 0 Å². The molecule has 2 aliphatic rings. The summed E-state index contributed by atoms with van der Waals surface area (Å²) in [5.41, 5.74) is -0.612. The van der Waals surface area contributed by atoms with Gasteiger partial charge < -0.3 is 0 Å². The van der Waals surface area contributed by atoms with Crippen LogP contribution >= 0.6 is 0 Å². The fourth-order valence-electron chi connectivity index (χ4n) is 5.41. The molecule has 0 amide bonds. The Bertz CT molecular complexity index is 697. The van der Waals surface area contributed by atoms with Crippen molar-refractivity contribution in [3.63, 3.8) is 0 Å². The third-order valence-corrected chi connectivity index (χ3v) is 6.77. The molecule has 1 fully saturated rings. The Morgan fingerprint density at radius 2 is 1.57 bits per heavy atom. The van der Waals surface area contributed by atoms with Crippen LogP contribution in [0.25, 0.3) is 0 Å². The molecule has 0 heterocycles. The van der Waals surface area contributed by atoms with Gasteiger partial charge in [0, 0.05) is 0 Å². The zero-order valence-corrected chi connectivity index (χ0v) is 19.1. The van der Waals surface area contributed by atoms with E-state index in [4.69, 9.17) is 0 Å². The molecule has 0 aliphatic heterocycles. The summed E-state index contributed by atoms with van der Waals surface area (Å²) in [5.74, 6) is -0.171. The molecule has 1 unspecified atom stereocenters. The first kappa shape index (κ1) is 22.8. The molecule has 1 saturated carbocycles. The Labute approximate surface area is 171 Å². The first-order chi connectivity index (χ1) is 12.8. The summed E-state index contributed by atoms with van der Waals surface area (Å²) in [7, 11) is 0. The number of hydrogen-bond acceptors (Lipinski definition) is 3. The minimum absolute atomic E-state index is 0.0224. The summed E-state index contributed by atoms with van der Waals surface area (Å²) in [5, 5.41) is 0. The lowest BCUT2D eigenvalue weighted by Gasteiger charge is -2.52. The van der Waals surface area contributed by atoms with E-state index in [2.05, 4.69) is 39.8 Å².